The molecule has 0 aliphatic carbocycles. The normalized spacial score (nSPS) is 12.4. The van der Waals surface area contributed by atoms with E-state index >= 15 is 0 Å². The van der Waals surface area contributed by atoms with Gasteiger partial charge >= 0.3 is 5.69 Å². The van der Waals surface area contributed by atoms with E-state index in [1.54, 1.807) is 33.7 Å². The quantitative estimate of drug-likeness (QED) is 0.436. The number of nitrogens with zero attached hydrogens (tertiary/aromatic N) is 5. The fourth-order valence-corrected chi connectivity index (χ4v) is 4.58. The molecule has 164 valence electrons. The highest BCUT2D eigenvalue weighted by Crippen LogP contribution is 2.21. The van der Waals surface area contributed by atoms with Gasteiger partial charge in [-0.1, -0.05) is 0 Å². The summed E-state index contributed by atoms with van der Waals surface area (Å²) in [5, 5.41) is 0. The lowest BCUT2D eigenvalue weighted by molar-refractivity contribution is 0.561. The molecule has 1 aromatic carbocycles. The minimum Gasteiger partial charge on any atom is -0.326 e. The van der Waals surface area contributed by atoms with Gasteiger partial charge in [-0.3, -0.25) is 14.1 Å². The van der Waals surface area contributed by atoms with E-state index in [9.17, 15) is 17.6 Å². The van der Waals surface area contributed by atoms with Crippen molar-refractivity contribution in [3.63, 3.8) is 0 Å². The summed E-state index contributed by atoms with van der Waals surface area (Å²) in [6.07, 6.45) is 4.88. The Hall–Kier alpha value is -3.01. The van der Waals surface area contributed by atoms with Crippen molar-refractivity contribution in [1.29, 1.82) is 0 Å². The Bertz CT molecular complexity index is 1430. The number of fused-ring (bicyclic) bond motifs is 2. The fourth-order valence-electron chi connectivity index (χ4n) is 3.93. The first-order valence-corrected chi connectivity index (χ1v) is 12.1. The van der Waals surface area contributed by atoms with Crippen LogP contribution < -0.4 is 5.69 Å². The summed E-state index contributed by atoms with van der Waals surface area (Å²) in [4.78, 5) is 21.9. The van der Waals surface area contributed by atoms with Gasteiger partial charge in [0.1, 0.15) is 21.5 Å². The maximum absolute atomic E-state index is 13.8. The Morgan fingerprint density at radius 2 is 1.87 bits per heavy atom. The lowest BCUT2D eigenvalue weighted by Gasteiger charge is -2.10. The van der Waals surface area contributed by atoms with Crippen molar-refractivity contribution in [3.05, 3.63) is 58.8 Å². The number of aryl methyl sites for hydroxylation is 1. The van der Waals surface area contributed by atoms with Crippen molar-refractivity contribution in [2.45, 2.75) is 39.4 Å². The van der Waals surface area contributed by atoms with Gasteiger partial charge in [-0.25, -0.2) is 22.6 Å². The molecule has 0 saturated heterocycles. The fraction of sp³-hybridized carbons (Fsp3) is 0.381. The zero-order valence-corrected chi connectivity index (χ0v) is 18.4. The van der Waals surface area contributed by atoms with E-state index in [1.165, 1.54) is 18.4 Å². The van der Waals surface area contributed by atoms with Crippen molar-refractivity contribution >= 4 is 31.9 Å². The molecule has 4 aromatic rings. The molecule has 0 unspecified atom stereocenters. The molecule has 0 N–H and O–H groups in total. The molecular weight excluding hydrogens is 421 g/mol. The summed E-state index contributed by atoms with van der Waals surface area (Å²) in [6, 6.07) is 6.08. The highest BCUT2D eigenvalue weighted by atomic mass is 32.2. The van der Waals surface area contributed by atoms with Crippen molar-refractivity contribution in [2.24, 2.45) is 0 Å². The number of rotatable bonds is 7. The van der Waals surface area contributed by atoms with E-state index in [2.05, 4.69) is 9.97 Å². The molecule has 3 heterocycles. The summed E-state index contributed by atoms with van der Waals surface area (Å²) in [7, 11) is -3.11. The molecule has 4 rings (SSSR count). The second-order valence-electron chi connectivity index (χ2n) is 7.99. The first-order valence-electron chi connectivity index (χ1n) is 10.0. The van der Waals surface area contributed by atoms with Gasteiger partial charge in [-0.2, -0.15) is 0 Å². The van der Waals surface area contributed by atoms with E-state index in [1.807, 2.05) is 18.4 Å². The predicted molar refractivity (Wildman–Crippen MR) is 117 cm³/mol. The molecule has 0 amide bonds. The smallest absolute Gasteiger partial charge is 0.326 e. The van der Waals surface area contributed by atoms with Crippen LogP contribution in [0.4, 0.5) is 4.39 Å². The van der Waals surface area contributed by atoms with Crippen LogP contribution in [0.5, 0.6) is 0 Å². The van der Waals surface area contributed by atoms with E-state index in [0.29, 0.717) is 35.3 Å². The Morgan fingerprint density at radius 3 is 2.58 bits per heavy atom. The second kappa shape index (κ2) is 7.92. The van der Waals surface area contributed by atoms with Crippen LogP contribution in [0.2, 0.25) is 0 Å². The number of aromatic nitrogens is 5. The molecule has 10 heteroatoms. The van der Waals surface area contributed by atoms with E-state index in [4.69, 9.17) is 0 Å². The average molecular weight is 446 g/mol. The second-order valence-corrected chi connectivity index (χ2v) is 10.3. The first-order chi connectivity index (χ1) is 14.7. The lowest BCUT2D eigenvalue weighted by atomic mass is 10.3. The Balaban J connectivity index is 1.83. The molecule has 0 bridgehead atoms. The van der Waals surface area contributed by atoms with Crippen LogP contribution in [0, 0.1) is 5.82 Å². The number of halogens is 1. The third-order valence-electron chi connectivity index (χ3n) is 5.27. The molecule has 0 aliphatic heterocycles. The van der Waals surface area contributed by atoms with Crippen LogP contribution in [0.1, 0.15) is 32.1 Å². The van der Waals surface area contributed by atoms with Crippen LogP contribution >= 0.6 is 0 Å². The predicted octanol–water partition coefficient (Wildman–Crippen LogP) is 2.75. The monoisotopic (exact) mass is 445 g/mol. The van der Waals surface area contributed by atoms with Gasteiger partial charge in [0.2, 0.25) is 0 Å². The van der Waals surface area contributed by atoms with Crippen molar-refractivity contribution in [3.8, 4) is 0 Å². The molecular formula is C21H24FN5O3S. The summed E-state index contributed by atoms with van der Waals surface area (Å²) < 4.78 is 42.1. The molecule has 3 aromatic heterocycles. The van der Waals surface area contributed by atoms with Crippen LogP contribution in [0.25, 0.3) is 22.1 Å². The van der Waals surface area contributed by atoms with Gasteiger partial charge in [0.25, 0.3) is 0 Å². The Morgan fingerprint density at radius 1 is 1.10 bits per heavy atom. The Kier molecular flexibility index (Phi) is 5.42. The molecule has 8 nitrogen and oxygen atoms in total. The maximum atomic E-state index is 13.8. The van der Waals surface area contributed by atoms with Gasteiger partial charge in [-0.05, 0) is 38.5 Å². The van der Waals surface area contributed by atoms with Crippen molar-refractivity contribution in [2.75, 3.05) is 12.0 Å². The topological polar surface area (TPSA) is 91.8 Å². The number of hydrogen-bond acceptors (Lipinski definition) is 5. The highest BCUT2D eigenvalue weighted by molar-refractivity contribution is 7.90. The lowest BCUT2D eigenvalue weighted by Crippen LogP contribution is -2.27. The minimum atomic E-state index is -3.11. The van der Waals surface area contributed by atoms with E-state index in [0.717, 1.165) is 5.52 Å². The summed E-state index contributed by atoms with van der Waals surface area (Å²) in [6.45, 7) is 4.43. The third-order valence-corrected chi connectivity index (χ3v) is 6.30. The summed E-state index contributed by atoms with van der Waals surface area (Å²) >= 11 is 0. The SMILES string of the molecule is CC(C)n1c(=O)n(Cc2nc3cc(F)ccc3n2CCCS(C)(=O)=O)c2cnccc21. The molecule has 0 atom stereocenters. The molecule has 0 aliphatic rings. The standard InChI is InChI=1S/C21H24FN5O3S/c1-14(2)27-18-7-8-23-12-19(18)26(21(27)28)13-20-24-16-11-15(22)5-6-17(16)25(20)9-4-10-31(3,29)30/h5-8,11-12,14H,4,9-10,13H2,1-3H3. The number of sulfone groups is 1. The molecule has 0 fully saturated rings. The van der Waals surface area contributed by atoms with Gasteiger partial charge in [0.05, 0.1) is 40.6 Å². The average Bonchev–Trinajstić information content (AvgIpc) is 3.16. The zero-order chi connectivity index (χ0) is 22.3. The van der Waals surface area contributed by atoms with Crippen LogP contribution in [0.3, 0.4) is 0 Å². The number of pyridine rings is 1. The van der Waals surface area contributed by atoms with Crippen LogP contribution in [-0.2, 0) is 22.9 Å². The number of imidazole rings is 2. The first kappa shape index (κ1) is 21.2. The minimum absolute atomic E-state index is 0.0316. The molecule has 31 heavy (non-hydrogen) atoms. The summed E-state index contributed by atoms with van der Waals surface area (Å²) in [5.41, 5.74) is 2.44. The van der Waals surface area contributed by atoms with Crippen molar-refractivity contribution < 1.29 is 12.8 Å². The number of benzene rings is 1. The molecule has 0 radical (unpaired) electrons. The van der Waals surface area contributed by atoms with Crippen molar-refractivity contribution in [1.82, 2.24) is 23.7 Å². The van der Waals surface area contributed by atoms with Gasteiger partial charge in [0.15, 0.2) is 0 Å². The van der Waals surface area contributed by atoms with E-state index < -0.39 is 15.7 Å². The highest BCUT2D eigenvalue weighted by Gasteiger charge is 2.19. The summed E-state index contributed by atoms with van der Waals surface area (Å²) in [5.74, 6) is 0.185. The maximum Gasteiger partial charge on any atom is 0.329 e. The van der Waals surface area contributed by atoms with Crippen LogP contribution in [0.15, 0.2) is 41.5 Å². The molecule has 0 spiro atoms. The largest absolute Gasteiger partial charge is 0.329 e. The molecule has 0 saturated carbocycles. The van der Waals surface area contributed by atoms with Gasteiger partial charge < -0.3 is 4.57 Å². The zero-order valence-electron chi connectivity index (χ0n) is 17.6. The van der Waals surface area contributed by atoms with Gasteiger partial charge in [0, 0.05) is 31.1 Å². The van der Waals surface area contributed by atoms with Gasteiger partial charge in [-0.15, -0.1) is 0 Å². The van der Waals surface area contributed by atoms with Crippen LogP contribution in [-0.4, -0.2) is 44.1 Å². The van der Waals surface area contributed by atoms with E-state index in [-0.39, 0.29) is 24.0 Å². The third kappa shape index (κ3) is 4.12. The Labute approximate surface area is 178 Å². The number of hydrogen-bond donors (Lipinski definition) is 0.